The maximum Gasteiger partial charge on any atom is 0.101 e. The summed E-state index contributed by atoms with van der Waals surface area (Å²) < 4.78 is 0. The van der Waals surface area contributed by atoms with Gasteiger partial charge in [0.15, 0.2) is 0 Å². The molecule has 0 bridgehead atoms. The lowest BCUT2D eigenvalue weighted by Gasteiger charge is -2.13. The Morgan fingerprint density at radius 2 is 1.22 bits per heavy atom. The van der Waals surface area contributed by atoms with E-state index in [1.807, 2.05) is 27.7 Å². The molecule has 0 aromatic carbocycles. The van der Waals surface area contributed by atoms with E-state index < -0.39 is 0 Å². The average molecular weight is 130 g/mol. The fourth-order valence-corrected chi connectivity index (χ4v) is 1.31. The van der Waals surface area contributed by atoms with Crippen molar-refractivity contribution in [1.29, 1.82) is 0 Å². The molecule has 0 N–H and O–H groups in total. The molecule has 2 nitrogen and oxygen atoms in total. The summed E-state index contributed by atoms with van der Waals surface area (Å²) in [6.07, 6.45) is 0.958. The summed E-state index contributed by atoms with van der Waals surface area (Å²) >= 11 is 0. The van der Waals surface area contributed by atoms with E-state index in [-0.39, 0.29) is 11.2 Å². The Balaban J connectivity index is 2.58. The van der Waals surface area contributed by atoms with Gasteiger partial charge >= 0.3 is 0 Å². The van der Waals surface area contributed by atoms with Gasteiger partial charge in [-0.05, 0) is 27.7 Å². The number of rotatable bonds is 0. The quantitative estimate of drug-likeness (QED) is 0.466. The first kappa shape index (κ1) is 7.03. The molecule has 0 aromatic rings. The van der Waals surface area contributed by atoms with Crippen LogP contribution >= 0.6 is 0 Å². The van der Waals surface area contributed by atoms with Crippen LogP contribution in [0.2, 0.25) is 0 Å². The van der Waals surface area contributed by atoms with Gasteiger partial charge in [0, 0.05) is 6.42 Å². The predicted octanol–water partition coefficient (Wildman–Crippen LogP) is 1.90. The topological polar surface area (TPSA) is 18.5 Å². The molecule has 0 spiro atoms. The van der Waals surface area contributed by atoms with Crippen LogP contribution in [0.4, 0.5) is 0 Å². The summed E-state index contributed by atoms with van der Waals surface area (Å²) in [5.41, 5.74) is -0.188. The van der Waals surface area contributed by atoms with Crippen molar-refractivity contribution in [2.75, 3.05) is 0 Å². The summed E-state index contributed by atoms with van der Waals surface area (Å²) in [6.45, 7) is 8.12. The van der Waals surface area contributed by atoms with Crippen LogP contribution in [-0.4, -0.2) is 11.2 Å². The largest absolute Gasteiger partial charge is 0.230 e. The Kier molecular flexibility index (Phi) is 1.33. The first-order chi connectivity index (χ1) is 3.91. The Morgan fingerprint density at radius 3 is 1.33 bits per heavy atom. The standard InChI is InChI=1S/C7H14O2/c1-6(2)5-7(3,4)9-8-6/h5H2,1-4H3. The molecule has 0 saturated carbocycles. The number of hydrogen-bond acceptors (Lipinski definition) is 2. The van der Waals surface area contributed by atoms with Gasteiger partial charge in [-0.15, -0.1) is 0 Å². The van der Waals surface area contributed by atoms with E-state index >= 15 is 0 Å². The van der Waals surface area contributed by atoms with Crippen molar-refractivity contribution in [1.82, 2.24) is 0 Å². The van der Waals surface area contributed by atoms with Gasteiger partial charge in [-0.1, -0.05) is 0 Å². The molecule has 0 atom stereocenters. The second kappa shape index (κ2) is 1.70. The van der Waals surface area contributed by atoms with E-state index in [9.17, 15) is 0 Å². The molecule has 0 unspecified atom stereocenters. The summed E-state index contributed by atoms with van der Waals surface area (Å²) in [5, 5.41) is 0. The van der Waals surface area contributed by atoms with Crippen LogP contribution in [0.3, 0.4) is 0 Å². The second-order valence-electron chi connectivity index (χ2n) is 3.86. The third kappa shape index (κ3) is 1.66. The molecular weight excluding hydrogens is 116 g/mol. The van der Waals surface area contributed by atoms with Gasteiger partial charge in [-0.25, -0.2) is 9.78 Å². The first-order valence-corrected chi connectivity index (χ1v) is 3.28. The zero-order valence-electron chi connectivity index (χ0n) is 6.52. The van der Waals surface area contributed by atoms with Crippen molar-refractivity contribution >= 4 is 0 Å². The Morgan fingerprint density at radius 1 is 0.889 bits per heavy atom. The Bertz CT molecular complexity index is 102. The highest BCUT2D eigenvalue weighted by Gasteiger charge is 2.39. The van der Waals surface area contributed by atoms with Crippen molar-refractivity contribution < 1.29 is 9.78 Å². The van der Waals surface area contributed by atoms with Crippen LogP contribution in [-0.2, 0) is 9.78 Å². The van der Waals surface area contributed by atoms with Gasteiger partial charge in [0.1, 0.15) is 11.2 Å². The second-order valence-corrected chi connectivity index (χ2v) is 3.86. The molecular formula is C7H14O2. The normalized spacial score (nSPS) is 30.7. The van der Waals surface area contributed by atoms with Crippen LogP contribution in [0.1, 0.15) is 34.1 Å². The van der Waals surface area contributed by atoms with Crippen LogP contribution in [0, 0.1) is 0 Å². The first-order valence-electron chi connectivity index (χ1n) is 3.28. The third-order valence-electron chi connectivity index (χ3n) is 1.34. The predicted molar refractivity (Wildman–Crippen MR) is 34.9 cm³/mol. The smallest absolute Gasteiger partial charge is 0.101 e. The highest BCUT2D eigenvalue weighted by molar-refractivity contribution is 4.83. The highest BCUT2D eigenvalue weighted by atomic mass is 17.2. The van der Waals surface area contributed by atoms with Crippen molar-refractivity contribution in [3.05, 3.63) is 0 Å². The molecule has 2 heteroatoms. The van der Waals surface area contributed by atoms with Crippen LogP contribution in [0.5, 0.6) is 0 Å². The molecule has 0 aliphatic carbocycles. The van der Waals surface area contributed by atoms with E-state index in [2.05, 4.69) is 0 Å². The van der Waals surface area contributed by atoms with Crippen LogP contribution < -0.4 is 0 Å². The molecule has 0 radical (unpaired) electrons. The SMILES string of the molecule is CC1(C)CC(C)(C)OO1. The highest BCUT2D eigenvalue weighted by Crippen LogP contribution is 2.34. The molecule has 0 amide bonds. The van der Waals surface area contributed by atoms with Crippen molar-refractivity contribution in [2.45, 2.75) is 45.3 Å². The minimum atomic E-state index is -0.0938. The minimum Gasteiger partial charge on any atom is -0.230 e. The van der Waals surface area contributed by atoms with Crippen molar-refractivity contribution in [3.63, 3.8) is 0 Å². The molecule has 1 aliphatic heterocycles. The third-order valence-corrected chi connectivity index (χ3v) is 1.34. The van der Waals surface area contributed by atoms with Crippen LogP contribution in [0.15, 0.2) is 0 Å². The maximum atomic E-state index is 5.06. The zero-order chi connectivity index (χ0) is 7.12. The molecule has 9 heavy (non-hydrogen) atoms. The average Bonchev–Trinajstić information content (AvgIpc) is 1.78. The molecule has 54 valence electrons. The molecule has 1 rings (SSSR count). The fraction of sp³-hybridized carbons (Fsp3) is 1.00. The summed E-state index contributed by atoms with van der Waals surface area (Å²) in [7, 11) is 0. The lowest BCUT2D eigenvalue weighted by molar-refractivity contribution is -0.337. The molecule has 1 aliphatic rings. The summed E-state index contributed by atoms with van der Waals surface area (Å²) in [4.78, 5) is 10.1. The molecule has 1 fully saturated rings. The van der Waals surface area contributed by atoms with Gasteiger partial charge in [-0.3, -0.25) is 0 Å². The van der Waals surface area contributed by atoms with Crippen molar-refractivity contribution in [3.8, 4) is 0 Å². The van der Waals surface area contributed by atoms with Gasteiger partial charge < -0.3 is 0 Å². The van der Waals surface area contributed by atoms with E-state index in [1.165, 1.54) is 0 Å². The molecule has 1 saturated heterocycles. The summed E-state index contributed by atoms with van der Waals surface area (Å²) in [6, 6.07) is 0. The van der Waals surface area contributed by atoms with Gasteiger partial charge in [-0.2, -0.15) is 0 Å². The lowest BCUT2D eigenvalue weighted by atomic mass is 9.94. The van der Waals surface area contributed by atoms with Gasteiger partial charge in [0.2, 0.25) is 0 Å². The zero-order valence-corrected chi connectivity index (χ0v) is 6.52. The van der Waals surface area contributed by atoms with E-state index in [0.29, 0.717) is 0 Å². The molecule has 1 heterocycles. The molecule has 0 aromatic heterocycles. The van der Waals surface area contributed by atoms with E-state index in [0.717, 1.165) is 6.42 Å². The van der Waals surface area contributed by atoms with E-state index in [4.69, 9.17) is 9.78 Å². The summed E-state index contributed by atoms with van der Waals surface area (Å²) in [5.74, 6) is 0. The van der Waals surface area contributed by atoms with Crippen molar-refractivity contribution in [2.24, 2.45) is 0 Å². The maximum absolute atomic E-state index is 5.06. The lowest BCUT2D eigenvalue weighted by Crippen LogP contribution is -2.22. The van der Waals surface area contributed by atoms with E-state index in [1.54, 1.807) is 0 Å². The Hall–Kier alpha value is -0.0800. The van der Waals surface area contributed by atoms with Gasteiger partial charge in [0.25, 0.3) is 0 Å². The minimum absolute atomic E-state index is 0.0938. The number of hydrogen-bond donors (Lipinski definition) is 0. The van der Waals surface area contributed by atoms with Gasteiger partial charge in [0.05, 0.1) is 0 Å². The monoisotopic (exact) mass is 130 g/mol. The fourth-order valence-electron chi connectivity index (χ4n) is 1.31. The Labute approximate surface area is 56.1 Å². The van der Waals surface area contributed by atoms with Crippen LogP contribution in [0.25, 0.3) is 0 Å².